The Balaban J connectivity index is 2.21. The number of nitrogens with zero attached hydrogens (tertiary/aromatic N) is 3. The highest BCUT2D eigenvalue weighted by atomic mass is 16.4. The summed E-state index contributed by atoms with van der Waals surface area (Å²) in [4.78, 5) is 35.7. The quantitative estimate of drug-likeness (QED) is 0.665. The first-order valence-corrected chi connectivity index (χ1v) is 8.38. The number of unbranched alkanes of at least 4 members (excludes halogenated alkanes) is 1. The van der Waals surface area contributed by atoms with Gasteiger partial charge in [0.15, 0.2) is 0 Å². The SMILES string of the molecule is CCCCC(C(=O)NCCCC(=O)O)n1nnc2ccccc2c1=O. The third-order valence-corrected chi connectivity index (χ3v) is 3.89. The minimum atomic E-state index is -0.909. The number of rotatable bonds is 9. The molecule has 0 radical (unpaired) electrons. The molecule has 8 heteroatoms. The predicted molar refractivity (Wildman–Crippen MR) is 92.2 cm³/mol. The molecule has 134 valence electrons. The number of hydrogen-bond acceptors (Lipinski definition) is 5. The van der Waals surface area contributed by atoms with Crippen molar-refractivity contribution in [3.8, 4) is 0 Å². The molecule has 0 spiro atoms. The van der Waals surface area contributed by atoms with Crippen LogP contribution in [-0.2, 0) is 9.59 Å². The van der Waals surface area contributed by atoms with E-state index in [1.807, 2.05) is 6.92 Å². The lowest BCUT2D eigenvalue weighted by Crippen LogP contribution is -2.39. The average Bonchev–Trinajstić information content (AvgIpc) is 2.60. The minimum Gasteiger partial charge on any atom is -0.481 e. The summed E-state index contributed by atoms with van der Waals surface area (Å²) in [5.41, 5.74) is 0.132. The van der Waals surface area contributed by atoms with Crippen molar-refractivity contribution < 1.29 is 14.7 Å². The summed E-state index contributed by atoms with van der Waals surface area (Å²) < 4.78 is 1.13. The van der Waals surface area contributed by atoms with Crippen LogP contribution in [0.5, 0.6) is 0 Å². The predicted octanol–water partition coefficient (Wildman–Crippen LogP) is 1.50. The molecule has 2 N–H and O–H groups in total. The van der Waals surface area contributed by atoms with Crippen molar-refractivity contribution in [2.75, 3.05) is 6.54 Å². The fourth-order valence-corrected chi connectivity index (χ4v) is 2.54. The van der Waals surface area contributed by atoms with Gasteiger partial charge in [-0.15, -0.1) is 5.10 Å². The van der Waals surface area contributed by atoms with E-state index in [2.05, 4.69) is 15.6 Å². The number of benzene rings is 1. The Morgan fingerprint density at radius 3 is 2.76 bits per heavy atom. The van der Waals surface area contributed by atoms with Crippen LogP contribution >= 0.6 is 0 Å². The zero-order valence-electron chi connectivity index (χ0n) is 14.1. The minimum absolute atomic E-state index is 0.0182. The zero-order chi connectivity index (χ0) is 18.2. The van der Waals surface area contributed by atoms with Crippen molar-refractivity contribution in [3.05, 3.63) is 34.6 Å². The molecule has 1 amide bonds. The molecule has 1 atom stereocenters. The lowest BCUT2D eigenvalue weighted by atomic mass is 10.1. The van der Waals surface area contributed by atoms with Gasteiger partial charge in [-0.05, 0) is 25.0 Å². The van der Waals surface area contributed by atoms with Gasteiger partial charge in [-0.25, -0.2) is 0 Å². The van der Waals surface area contributed by atoms with Gasteiger partial charge in [-0.2, -0.15) is 4.68 Å². The van der Waals surface area contributed by atoms with Crippen LogP contribution in [0.1, 0.15) is 45.1 Å². The van der Waals surface area contributed by atoms with Gasteiger partial charge in [0.25, 0.3) is 5.56 Å². The number of carboxylic acids is 1. The van der Waals surface area contributed by atoms with Crippen LogP contribution in [0.2, 0.25) is 0 Å². The summed E-state index contributed by atoms with van der Waals surface area (Å²) in [6, 6.07) is 6.10. The number of nitrogens with one attached hydrogen (secondary N) is 1. The third kappa shape index (κ3) is 4.85. The molecular formula is C17H22N4O4. The summed E-state index contributed by atoms with van der Waals surface area (Å²) in [5, 5.41) is 19.7. The molecule has 2 rings (SSSR count). The van der Waals surface area contributed by atoms with Gasteiger partial charge in [0.1, 0.15) is 11.6 Å². The second kappa shape index (κ2) is 8.91. The number of fused-ring (bicyclic) bond motifs is 1. The molecule has 1 aromatic heterocycles. The number of carboxylic acid groups (broad SMARTS) is 1. The molecule has 8 nitrogen and oxygen atoms in total. The van der Waals surface area contributed by atoms with Crippen LogP contribution in [0, 0.1) is 0 Å². The van der Waals surface area contributed by atoms with Crippen molar-refractivity contribution >= 4 is 22.8 Å². The maximum Gasteiger partial charge on any atom is 0.303 e. The van der Waals surface area contributed by atoms with E-state index in [1.54, 1.807) is 24.3 Å². The fourth-order valence-electron chi connectivity index (χ4n) is 2.54. The average molecular weight is 346 g/mol. The molecular weight excluding hydrogens is 324 g/mol. The first-order chi connectivity index (χ1) is 12.0. The number of amides is 1. The Bertz CT molecular complexity index is 803. The number of hydrogen-bond donors (Lipinski definition) is 2. The summed E-state index contributed by atoms with van der Waals surface area (Å²) in [6.45, 7) is 2.24. The largest absolute Gasteiger partial charge is 0.481 e. The molecule has 0 saturated carbocycles. The number of carbonyl (C=O) groups is 2. The highest BCUT2D eigenvalue weighted by Crippen LogP contribution is 2.14. The van der Waals surface area contributed by atoms with Gasteiger partial charge in [0, 0.05) is 13.0 Å². The number of carbonyl (C=O) groups excluding carboxylic acids is 1. The summed E-state index contributed by atoms with van der Waals surface area (Å²) in [5.74, 6) is -1.25. The van der Waals surface area contributed by atoms with Crippen LogP contribution in [0.25, 0.3) is 10.9 Å². The van der Waals surface area contributed by atoms with Crippen LogP contribution in [0.3, 0.4) is 0 Å². The normalized spacial score (nSPS) is 12.0. The van der Waals surface area contributed by atoms with Crippen molar-refractivity contribution in [1.82, 2.24) is 20.3 Å². The Morgan fingerprint density at radius 2 is 2.04 bits per heavy atom. The standard InChI is InChI=1S/C17H22N4O4/c1-2-3-9-14(16(24)18-11-6-10-15(22)23)21-17(25)12-7-4-5-8-13(12)19-20-21/h4-5,7-8,14H,2-3,6,9-11H2,1H3,(H,18,24)(H,22,23). The highest BCUT2D eigenvalue weighted by molar-refractivity contribution is 5.81. The van der Waals surface area contributed by atoms with Crippen molar-refractivity contribution in [1.29, 1.82) is 0 Å². The van der Waals surface area contributed by atoms with Crippen molar-refractivity contribution in [3.63, 3.8) is 0 Å². The van der Waals surface area contributed by atoms with Crippen molar-refractivity contribution in [2.45, 2.75) is 45.1 Å². The topological polar surface area (TPSA) is 114 Å². The van der Waals surface area contributed by atoms with Gasteiger partial charge in [-0.1, -0.05) is 37.1 Å². The Hall–Kier alpha value is -2.77. The summed E-state index contributed by atoms with van der Waals surface area (Å²) in [6.07, 6.45) is 2.41. The lowest BCUT2D eigenvalue weighted by molar-refractivity contribution is -0.137. The molecule has 1 heterocycles. The van der Waals surface area contributed by atoms with E-state index < -0.39 is 12.0 Å². The van der Waals surface area contributed by atoms with E-state index in [9.17, 15) is 14.4 Å². The molecule has 0 saturated heterocycles. The highest BCUT2D eigenvalue weighted by Gasteiger charge is 2.23. The Morgan fingerprint density at radius 1 is 1.28 bits per heavy atom. The van der Waals surface area contributed by atoms with E-state index in [-0.39, 0.29) is 24.4 Å². The third-order valence-electron chi connectivity index (χ3n) is 3.89. The summed E-state index contributed by atoms with van der Waals surface area (Å²) in [7, 11) is 0. The molecule has 1 unspecified atom stereocenters. The van der Waals surface area contributed by atoms with E-state index in [0.29, 0.717) is 23.7 Å². The molecule has 0 fully saturated rings. The van der Waals surface area contributed by atoms with Gasteiger partial charge >= 0.3 is 5.97 Å². The molecule has 25 heavy (non-hydrogen) atoms. The second-order valence-corrected chi connectivity index (χ2v) is 5.80. The monoisotopic (exact) mass is 346 g/mol. The van der Waals surface area contributed by atoms with Crippen molar-refractivity contribution in [2.24, 2.45) is 0 Å². The Labute approximate surface area is 144 Å². The number of aliphatic carboxylic acids is 1. The van der Waals surface area contributed by atoms with E-state index in [4.69, 9.17) is 5.11 Å². The Kier molecular flexibility index (Phi) is 6.62. The molecule has 0 aliphatic carbocycles. The maximum absolute atomic E-state index is 12.7. The zero-order valence-corrected chi connectivity index (χ0v) is 14.1. The molecule has 0 bridgehead atoms. The van der Waals surface area contributed by atoms with E-state index >= 15 is 0 Å². The van der Waals surface area contributed by atoms with Gasteiger partial charge < -0.3 is 10.4 Å². The maximum atomic E-state index is 12.7. The van der Waals surface area contributed by atoms with Gasteiger partial charge in [0.05, 0.1) is 5.39 Å². The lowest BCUT2D eigenvalue weighted by Gasteiger charge is -2.17. The van der Waals surface area contributed by atoms with Crippen LogP contribution in [0.4, 0.5) is 0 Å². The van der Waals surface area contributed by atoms with E-state index in [1.165, 1.54) is 0 Å². The molecule has 1 aromatic carbocycles. The first kappa shape index (κ1) is 18.6. The van der Waals surface area contributed by atoms with Crippen LogP contribution in [0.15, 0.2) is 29.1 Å². The fraction of sp³-hybridized carbons (Fsp3) is 0.471. The first-order valence-electron chi connectivity index (χ1n) is 8.38. The summed E-state index contributed by atoms with van der Waals surface area (Å²) >= 11 is 0. The molecule has 0 aliphatic heterocycles. The second-order valence-electron chi connectivity index (χ2n) is 5.80. The van der Waals surface area contributed by atoms with Gasteiger partial charge in [-0.3, -0.25) is 14.4 Å². The van der Waals surface area contributed by atoms with E-state index in [0.717, 1.165) is 17.5 Å². The van der Waals surface area contributed by atoms with Crippen LogP contribution in [-0.4, -0.2) is 38.5 Å². The number of aromatic nitrogens is 3. The molecule has 0 aliphatic rings. The van der Waals surface area contributed by atoms with Crippen LogP contribution < -0.4 is 10.9 Å². The van der Waals surface area contributed by atoms with Gasteiger partial charge in [0.2, 0.25) is 5.91 Å². The molecule has 2 aromatic rings. The smallest absolute Gasteiger partial charge is 0.303 e.